The van der Waals surface area contributed by atoms with Crippen molar-refractivity contribution in [2.45, 2.75) is 24.7 Å². The number of sulfonamides is 2. The summed E-state index contributed by atoms with van der Waals surface area (Å²) in [6.07, 6.45) is 0. The summed E-state index contributed by atoms with van der Waals surface area (Å²) in [5, 5.41) is 0. The van der Waals surface area contributed by atoms with Gasteiger partial charge in [-0.25, -0.2) is 21.6 Å². The Balaban J connectivity index is 2.01. The second kappa shape index (κ2) is 8.20. The Morgan fingerprint density at radius 2 is 1.50 bits per heavy atom. The molecule has 0 fully saturated rings. The van der Waals surface area contributed by atoms with E-state index in [-0.39, 0.29) is 17.2 Å². The summed E-state index contributed by atoms with van der Waals surface area (Å²) in [4.78, 5) is 0.121. The lowest BCUT2D eigenvalue weighted by Crippen LogP contribution is -2.35. The molecule has 0 heterocycles. The van der Waals surface area contributed by atoms with Crippen LogP contribution in [0.1, 0.15) is 25.3 Å². The van der Waals surface area contributed by atoms with Crippen LogP contribution in [-0.4, -0.2) is 36.2 Å². The highest BCUT2D eigenvalue weighted by Gasteiger charge is 2.20. The molecule has 0 aliphatic rings. The van der Waals surface area contributed by atoms with E-state index in [1.165, 1.54) is 19.2 Å². The molecule has 0 radical (unpaired) electrons. The molecule has 0 aliphatic carbocycles. The Hall–Kier alpha value is -1.90. The van der Waals surface area contributed by atoms with Crippen molar-refractivity contribution < 1.29 is 16.8 Å². The summed E-state index contributed by atoms with van der Waals surface area (Å²) >= 11 is 0. The Kier molecular flexibility index (Phi) is 6.44. The normalized spacial score (nSPS) is 12.3. The molecule has 2 aromatic rings. The minimum absolute atomic E-state index is 0.121. The zero-order valence-corrected chi connectivity index (χ0v) is 16.7. The molecule has 0 atom stereocenters. The summed E-state index contributed by atoms with van der Waals surface area (Å²) in [5.74, 6) is -0.0276. The molecule has 2 rings (SSSR count). The van der Waals surface area contributed by atoms with Gasteiger partial charge in [0, 0.05) is 13.6 Å². The van der Waals surface area contributed by atoms with E-state index in [1.54, 1.807) is 42.5 Å². The molecular formula is C18H24N2O4S2. The summed E-state index contributed by atoms with van der Waals surface area (Å²) in [7, 11) is -5.93. The number of para-hydroxylation sites is 1. The molecule has 0 saturated carbocycles. The fraction of sp³-hybridized carbons (Fsp3) is 0.333. The topological polar surface area (TPSA) is 83.5 Å². The fourth-order valence-electron chi connectivity index (χ4n) is 2.36. The van der Waals surface area contributed by atoms with Gasteiger partial charge in [-0.1, -0.05) is 44.2 Å². The van der Waals surface area contributed by atoms with Crippen LogP contribution in [0.25, 0.3) is 0 Å². The molecule has 0 unspecified atom stereocenters. The smallest absolute Gasteiger partial charge is 0.240 e. The SMILES string of the molecule is CC(C)c1ccc(S(=O)(=O)NCCS(=O)(=O)N(C)c2ccccc2)cc1. The third-order valence-electron chi connectivity index (χ3n) is 4.05. The number of rotatable bonds is 8. The first-order chi connectivity index (χ1) is 12.1. The van der Waals surface area contributed by atoms with Crippen LogP contribution < -0.4 is 9.03 Å². The number of anilines is 1. The zero-order valence-electron chi connectivity index (χ0n) is 15.1. The van der Waals surface area contributed by atoms with Crippen molar-refractivity contribution >= 4 is 25.7 Å². The van der Waals surface area contributed by atoms with E-state index in [9.17, 15) is 16.8 Å². The van der Waals surface area contributed by atoms with Gasteiger partial charge in [0.15, 0.2) is 0 Å². The van der Waals surface area contributed by atoms with Gasteiger partial charge < -0.3 is 0 Å². The van der Waals surface area contributed by atoms with Crippen LogP contribution in [0.3, 0.4) is 0 Å². The molecule has 0 bridgehead atoms. The molecule has 8 heteroatoms. The number of hydrogen-bond acceptors (Lipinski definition) is 4. The van der Waals surface area contributed by atoms with Crippen molar-refractivity contribution in [3.05, 3.63) is 60.2 Å². The minimum Gasteiger partial charge on any atom is -0.273 e. The molecule has 142 valence electrons. The highest BCUT2D eigenvalue weighted by atomic mass is 32.2. The van der Waals surface area contributed by atoms with Crippen LogP contribution in [0, 0.1) is 0 Å². The first kappa shape index (κ1) is 20.4. The highest BCUT2D eigenvalue weighted by molar-refractivity contribution is 7.93. The second-order valence-corrected chi connectivity index (χ2v) is 10.1. The third-order valence-corrected chi connectivity index (χ3v) is 7.29. The summed E-state index contributed by atoms with van der Waals surface area (Å²) in [5.41, 5.74) is 1.57. The Morgan fingerprint density at radius 1 is 0.923 bits per heavy atom. The summed E-state index contributed by atoms with van der Waals surface area (Å²) in [6.45, 7) is 3.85. The first-order valence-electron chi connectivity index (χ1n) is 8.25. The fourth-order valence-corrected chi connectivity index (χ4v) is 4.59. The third kappa shape index (κ3) is 5.06. The Bertz CT molecular complexity index is 923. The van der Waals surface area contributed by atoms with Crippen molar-refractivity contribution in [1.29, 1.82) is 0 Å². The van der Waals surface area contributed by atoms with Gasteiger partial charge in [0.05, 0.1) is 16.3 Å². The van der Waals surface area contributed by atoms with Crippen molar-refractivity contribution in [3.8, 4) is 0 Å². The largest absolute Gasteiger partial charge is 0.273 e. The van der Waals surface area contributed by atoms with Crippen LogP contribution in [0.2, 0.25) is 0 Å². The van der Waals surface area contributed by atoms with E-state index < -0.39 is 20.0 Å². The Labute approximate surface area is 156 Å². The van der Waals surface area contributed by atoms with Crippen molar-refractivity contribution in [3.63, 3.8) is 0 Å². The predicted molar refractivity (Wildman–Crippen MR) is 104 cm³/mol. The average molecular weight is 397 g/mol. The summed E-state index contributed by atoms with van der Waals surface area (Å²) in [6, 6.07) is 15.2. The van der Waals surface area contributed by atoms with Crippen molar-refractivity contribution in [1.82, 2.24) is 4.72 Å². The maximum Gasteiger partial charge on any atom is 0.240 e. The second-order valence-electron chi connectivity index (χ2n) is 6.24. The van der Waals surface area contributed by atoms with Crippen LogP contribution in [0.5, 0.6) is 0 Å². The average Bonchev–Trinajstić information content (AvgIpc) is 2.61. The maximum absolute atomic E-state index is 12.4. The van der Waals surface area contributed by atoms with Crippen LogP contribution >= 0.6 is 0 Å². The lowest BCUT2D eigenvalue weighted by Gasteiger charge is -2.19. The maximum atomic E-state index is 12.4. The molecular weight excluding hydrogens is 372 g/mol. The van der Waals surface area contributed by atoms with E-state index in [2.05, 4.69) is 4.72 Å². The van der Waals surface area contributed by atoms with Gasteiger partial charge >= 0.3 is 0 Å². The lowest BCUT2D eigenvalue weighted by molar-refractivity contribution is 0.580. The number of benzene rings is 2. The van der Waals surface area contributed by atoms with E-state index >= 15 is 0 Å². The van der Waals surface area contributed by atoms with Gasteiger partial charge in [0.1, 0.15) is 0 Å². The van der Waals surface area contributed by atoms with E-state index in [1.807, 2.05) is 13.8 Å². The molecule has 0 saturated heterocycles. The van der Waals surface area contributed by atoms with E-state index in [0.29, 0.717) is 11.6 Å². The van der Waals surface area contributed by atoms with Gasteiger partial charge in [-0.3, -0.25) is 4.31 Å². The van der Waals surface area contributed by atoms with Gasteiger partial charge in [0.2, 0.25) is 20.0 Å². The quantitative estimate of drug-likeness (QED) is 0.743. The van der Waals surface area contributed by atoms with Gasteiger partial charge in [-0.15, -0.1) is 0 Å². The van der Waals surface area contributed by atoms with Crippen LogP contribution in [0.4, 0.5) is 5.69 Å². The minimum atomic E-state index is -3.75. The molecule has 1 N–H and O–H groups in total. The molecule has 0 aliphatic heterocycles. The molecule has 0 aromatic heterocycles. The monoisotopic (exact) mass is 396 g/mol. The van der Waals surface area contributed by atoms with Crippen molar-refractivity contribution in [2.75, 3.05) is 23.7 Å². The number of hydrogen-bond donors (Lipinski definition) is 1. The zero-order chi connectivity index (χ0) is 19.4. The van der Waals surface area contributed by atoms with E-state index in [4.69, 9.17) is 0 Å². The van der Waals surface area contributed by atoms with Gasteiger partial charge in [-0.2, -0.15) is 0 Å². The van der Waals surface area contributed by atoms with E-state index in [0.717, 1.165) is 9.87 Å². The molecule has 26 heavy (non-hydrogen) atoms. The van der Waals surface area contributed by atoms with Gasteiger partial charge in [-0.05, 0) is 35.7 Å². The van der Waals surface area contributed by atoms with Gasteiger partial charge in [0.25, 0.3) is 0 Å². The van der Waals surface area contributed by atoms with Crippen LogP contribution in [-0.2, 0) is 20.0 Å². The molecule has 0 spiro atoms. The lowest BCUT2D eigenvalue weighted by atomic mass is 10.0. The van der Waals surface area contributed by atoms with Crippen molar-refractivity contribution in [2.24, 2.45) is 0 Å². The number of nitrogens with zero attached hydrogens (tertiary/aromatic N) is 1. The molecule has 2 aromatic carbocycles. The molecule has 6 nitrogen and oxygen atoms in total. The first-order valence-corrected chi connectivity index (χ1v) is 11.3. The predicted octanol–water partition coefficient (Wildman–Crippen LogP) is 2.55. The summed E-state index contributed by atoms with van der Waals surface area (Å²) < 4.78 is 52.9. The highest BCUT2D eigenvalue weighted by Crippen LogP contribution is 2.18. The molecule has 0 amide bonds. The van der Waals surface area contributed by atoms with Crippen LogP contribution in [0.15, 0.2) is 59.5 Å². The standard InChI is InChI=1S/C18H24N2O4S2/c1-15(2)16-9-11-18(12-10-16)26(23,24)19-13-14-25(21,22)20(3)17-7-5-4-6-8-17/h4-12,15,19H,13-14H2,1-3H3. The number of nitrogens with one attached hydrogen (secondary N) is 1. The Morgan fingerprint density at radius 3 is 2.04 bits per heavy atom.